The van der Waals surface area contributed by atoms with Crippen LogP contribution in [0.15, 0.2) is 39.4 Å². The molecule has 0 spiro atoms. The van der Waals surface area contributed by atoms with Gasteiger partial charge in [0.1, 0.15) is 11.1 Å². The van der Waals surface area contributed by atoms with E-state index in [0.717, 1.165) is 30.1 Å². The molecule has 0 N–H and O–H groups in total. The fourth-order valence-electron chi connectivity index (χ4n) is 1.60. The van der Waals surface area contributed by atoms with Gasteiger partial charge < -0.3 is 4.42 Å². The molecule has 2 aromatic heterocycles. The first kappa shape index (κ1) is 9.59. The zero-order valence-corrected chi connectivity index (χ0v) is 11.2. The molecule has 2 heterocycles. The maximum absolute atomic E-state index is 5.75. The number of aromatic nitrogens is 1. The van der Waals surface area contributed by atoms with Gasteiger partial charge in [-0.2, -0.15) is 0 Å². The minimum absolute atomic E-state index is 0.867. The molecule has 0 unspecified atom stereocenters. The van der Waals surface area contributed by atoms with Crippen LogP contribution in [0.4, 0.5) is 0 Å². The summed E-state index contributed by atoms with van der Waals surface area (Å²) in [5, 5.41) is 1.05. The smallest absolute Gasteiger partial charge is 0.167 e. The molecule has 0 radical (unpaired) electrons. The van der Waals surface area contributed by atoms with Crippen molar-refractivity contribution in [2.24, 2.45) is 0 Å². The van der Waals surface area contributed by atoms with E-state index in [0.29, 0.717) is 0 Å². The van der Waals surface area contributed by atoms with Gasteiger partial charge in [0.25, 0.3) is 0 Å². The van der Waals surface area contributed by atoms with Crippen LogP contribution >= 0.6 is 38.5 Å². The second-order valence-corrected chi connectivity index (χ2v) is 5.29. The predicted octanol–water partition coefficient (Wildman–Crippen LogP) is 4.35. The highest BCUT2D eigenvalue weighted by Gasteiger charge is 2.10. The summed E-state index contributed by atoms with van der Waals surface area (Å²) < 4.78 is 7.88. The molecule has 1 aromatic carbocycles. The lowest BCUT2D eigenvalue weighted by atomic mass is 10.2. The number of hydrogen-bond donors (Lipinski definition) is 0. The van der Waals surface area contributed by atoms with Crippen LogP contribution in [0.3, 0.4) is 0 Å². The van der Waals surface area contributed by atoms with Gasteiger partial charge in [-0.1, -0.05) is 15.9 Å². The van der Waals surface area contributed by atoms with Crippen LogP contribution in [0.5, 0.6) is 0 Å². The molecule has 0 saturated carbocycles. The van der Waals surface area contributed by atoms with Crippen LogP contribution in [-0.2, 0) is 0 Å². The lowest BCUT2D eigenvalue weighted by molar-refractivity contribution is 0.665. The van der Waals surface area contributed by atoms with Crippen molar-refractivity contribution < 1.29 is 4.42 Å². The van der Waals surface area contributed by atoms with E-state index in [-0.39, 0.29) is 0 Å². The third-order valence-electron chi connectivity index (χ3n) is 2.27. The number of benzene rings is 1. The molecule has 4 heteroatoms. The maximum atomic E-state index is 5.75. The van der Waals surface area contributed by atoms with Gasteiger partial charge >= 0.3 is 0 Å². The molecule has 0 saturated heterocycles. The van der Waals surface area contributed by atoms with Gasteiger partial charge in [-0.05, 0) is 46.9 Å². The molecule has 3 rings (SSSR count). The lowest BCUT2D eigenvalue weighted by Gasteiger charge is -1.90. The minimum Gasteiger partial charge on any atom is -0.453 e. The highest BCUT2D eigenvalue weighted by Crippen LogP contribution is 2.31. The summed E-state index contributed by atoms with van der Waals surface area (Å²) in [6.45, 7) is 0. The average molecular weight is 374 g/mol. The second kappa shape index (κ2) is 3.45. The Kier molecular flexibility index (Phi) is 2.21. The molecule has 0 aliphatic rings. The summed E-state index contributed by atoms with van der Waals surface area (Å²) in [6, 6.07) is 7.90. The Bertz CT molecular complexity index is 662. The highest BCUT2D eigenvalue weighted by molar-refractivity contribution is 14.1. The fraction of sp³-hybridized carbons (Fsp3) is 0. The molecule has 3 aromatic rings. The fourth-order valence-corrected chi connectivity index (χ4v) is 2.49. The van der Waals surface area contributed by atoms with Crippen molar-refractivity contribution in [2.45, 2.75) is 0 Å². The Balaban J connectivity index is 2.58. The van der Waals surface area contributed by atoms with Crippen molar-refractivity contribution in [1.29, 1.82) is 0 Å². The van der Waals surface area contributed by atoms with Gasteiger partial charge in [0, 0.05) is 16.1 Å². The molecular weight excluding hydrogens is 369 g/mol. The number of nitrogens with zero attached hydrogens (tertiary/aromatic N) is 1. The Morgan fingerprint density at radius 3 is 3.00 bits per heavy atom. The highest BCUT2D eigenvalue weighted by atomic mass is 127. The maximum Gasteiger partial charge on any atom is 0.167 e. The van der Waals surface area contributed by atoms with Crippen molar-refractivity contribution in [3.8, 4) is 0 Å². The van der Waals surface area contributed by atoms with E-state index in [4.69, 9.17) is 4.42 Å². The molecule has 0 aliphatic heterocycles. The van der Waals surface area contributed by atoms with Crippen molar-refractivity contribution >= 4 is 60.6 Å². The van der Waals surface area contributed by atoms with Gasteiger partial charge in [-0.3, -0.25) is 4.98 Å². The van der Waals surface area contributed by atoms with E-state index >= 15 is 0 Å². The monoisotopic (exact) mass is 373 g/mol. The third-order valence-corrected chi connectivity index (χ3v) is 3.61. The van der Waals surface area contributed by atoms with Crippen molar-refractivity contribution in [3.05, 3.63) is 38.5 Å². The molecule has 0 bridgehead atoms. The van der Waals surface area contributed by atoms with Crippen LogP contribution in [0.1, 0.15) is 0 Å². The Morgan fingerprint density at radius 1 is 1.27 bits per heavy atom. The van der Waals surface area contributed by atoms with Crippen molar-refractivity contribution in [3.63, 3.8) is 0 Å². The number of fused-ring (bicyclic) bond motifs is 3. The molecule has 0 amide bonds. The molecular formula is C11H5BrINO. The molecule has 15 heavy (non-hydrogen) atoms. The normalized spacial score (nSPS) is 11.3. The largest absolute Gasteiger partial charge is 0.453 e. The Hall–Kier alpha value is -0.620. The van der Waals surface area contributed by atoms with Gasteiger partial charge in [-0.25, -0.2) is 0 Å². The van der Waals surface area contributed by atoms with Crippen molar-refractivity contribution in [2.75, 3.05) is 0 Å². The van der Waals surface area contributed by atoms with E-state index in [2.05, 4.69) is 43.5 Å². The van der Waals surface area contributed by atoms with Crippen LogP contribution in [0, 0.1) is 3.57 Å². The van der Waals surface area contributed by atoms with E-state index < -0.39 is 0 Å². The number of furan rings is 1. The SMILES string of the molecule is Brc1ccc2oc3c(I)ccnc3c2c1. The number of hydrogen-bond acceptors (Lipinski definition) is 2. The summed E-state index contributed by atoms with van der Waals surface area (Å²) in [4.78, 5) is 4.35. The Morgan fingerprint density at radius 2 is 2.13 bits per heavy atom. The number of pyridine rings is 1. The number of rotatable bonds is 0. The lowest BCUT2D eigenvalue weighted by Crippen LogP contribution is -1.76. The summed E-state index contributed by atoms with van der Waals surface area (Å²) in [5.41, 5.74) is 2.68. The molecule has 0 atom stereocenters. The van der Waals surface area contributed by atoms with E-state index in [9.17, 15) is 0 Å². The number of halogens is 2. The second-order valence-electron chi connectivity index (χ2n) is 3.21. The standard InChI is InChI=1S/C11H5BrINO/c12-6-1-2-9-7(5-6)10-11(15-9)8(13)3-4-14-10/h1-5H. The first-order valence-electron chi connectivity index (χ1n) is 4.38. The molecule has 0 fully saturated rings. The van der Waals surface area contributed by atoms with E-state index in [1.807, 2.05) is 24.3 Å². The summed E-state index contributed by atoms with van der Waals surface area (Å²) >= 11 is 5.71. The summed E-state index contributed by atoms with van der Waals surface area (Å²) in [5.74, 6) is 0. The third kappa shape index (κ3) is 1.47. The van der Waals surface area contributed by atoms with Gasteiger partial charge in [0.15, 0.2) is 5.58 Å². The van der Waals surface area contributed by atoms with Crippen LogP contribution in [0.25, 0.3) is 22.1 Å². The van der Waals surface area contributed by atoms with Gasteiger partial charge in [0.2, 0.25) is 0 Å². The summed E-state index contributed by atoms with van der Waals surface area (Å²) in [6.07, 6.45) is 1.81. The molecule has 0 aliphatic carbocycles. The van der Waals surface area contributed by atoms with E-state index in [1.54, 1.807) is 6.20 Å². The Labute approximate surface area is 108 Å². The molecule has 2 nitrogen and oxygen atoms in total. The topological polar surface area (TPSA) is 26.0 Å². The van der Waals surface area contributed by atoms with Crippen LogP contribution in [-0.4, -0.2) is 4.98 Å². The minimum atomic E-state index is 0.867. The van der Waals surface area contributed by atoms with E-state index in [1.165, 1.54) is 0 Å². The van der Waals surface area contributed by atoms with Crippen LogP contribution in [0.2, 0.25) is 0 Å². The first-order chi connectivity index (χ1) is 7.25. The van der Waals surface area contributed by atoms with Gasteiger partial charge in [-0.15, -0.1) is 0 Å². The zero-order chi connectivity index (χ0) is 10.4. The molecule has 74 valence electrons. The first-order valence-corrected chi connectivity index (χ1v) is 6.25. The van der Waals surface area contributed by atoms with Gasteiger partial charge in [0.05, 0.1) is 3.57 Å². The van der Waals surface area contributed by atoms with Crippen molar-refractivity contribution in [1.82, 2.24) is 4.98 Å². The summed E-state index contributed by atoms with van der Waals surface area (Å²) in [7, 11) is 0. The predicted molar refractivity (Wildman–Crippen MR) is 71.9 cm³/mol. The quantitative estimate of drug-likeness (QED) is 0.547. The van der Waals surface area contributed by atoms with Crippen LogP contribution < -0.4 is 0 Å². The average Bonchev–Trinajstić information content (AvgIpc) is 2.58. The zero-order valence-electron chi connectivity index (χ0n) is 7.50.